The Labute approximate surface area is 159 Å². The first-order chi connectivity index (χ1) is 13.2. The Morgan fingerprint density at radius 1 is 1.15 bits per heavy atom. The molecule has 1 amide bonds. The summed E-state index contributed by atoms with van der Waals surface area (Å²) in [7, 11) is 1.65. The van der Waals surface area contributed by atoms with E-state index >= 15 is 0 Å². The molecule has 5 nitrogen and oxygen atoms in total. The Balaban J connectivity index is 1.65. The van der Waals surface area contributed by atoms with E-state index in [1.807, 2.05) is 35.2 Å². The average Bonchev–Trinajstić information content (AvgIpc) is 3.27. The topological polar surface area (TPSA) is 47.4 Å². The number of rotatable bonds is 6. The second kappa shape index (κ2) is 7.43. The fraction of sp³-hybridized carbons (Fsp3) is 0.364. The van der Waals surface area contributed by atoms with Gasteiger partial charge in [-0.2, -0.15) is 0 Å². The van der Waals surface area contributed by atoms with E-state index in [1.165, 1.54) is 0 Å². The maximum Gasteiger partial charge on any atom is 0.227 e. The molecular weight excluding hydrogens is 338 g/mol. The van der Waals surface area contributed by atoms with Crippen LogP contribution >= 0.6 is 0 Å². The van der Waals surface area contributed by atoms with Crippen molar-refractivity contribution in [2.75, 3.05) is 18.6 Å². The van der Waals surface area contributed by atoms with Gasteiger partial charge in [-0.05, 0) is 42.8 Å². The molecule has 2 aromatic carbocycles. The third-order valence-electron chi connectivity index (χ3n) is 5.29. The molecule has 1 aliphatic rings. The minimum absolute atomic E-state index is 0.115. The molecule has 0 bridgehead atoms. The Bertz CT molecular complexity index is 946. The van der Waals surface area contributed by atoms with Crippen LogP contribution in [0.25, 0.3) is 11.0 Å². The van der Waals surface area contributed by atoms with Gasteiger partial charge in [-0.1, -0.05) is 25.5 Å². The Kier molecular flexibility index (Phi) is 4.84. The van der Waals surface area contributed by atoms with Gasteiger partial charge in [0, 0.05) is 31.1 Å². The Hall–Kier alpha value is -2.82. The maximum absolute atomic E-state index is 12.7. The molecule has 0 spiro atoms. The van der Waals surface area contributed by atoms with Crippen LogP contribution in [0.4, 0.5) is 5.69 Å². The molecule has 1 aliphatic heterocycles. The normalized spacial score (nSPS) is 17.0. The van der Waals surface area contributed by atoms with Crippen LogP contribution in [-0.2, 0) is 11.3 Å². The number of hydrogen-bond donors (Lipinski definition) is 0. The molecule has 3 aromatic rings. The second-order valence-electron chi connectivity index (χ2n) is 7.07. The number of imidazole rings is 1. The summed E-state index contributed by atoms with van der Waals surface area (Å²) >= 11 is 0. The van der Waals surface area contributed by atoms with Crippen LogP contribution < -0.4 is 9.64 Å². The predicted octanol–water partition coefficient (Wildman–Crippen LogP) is 4.37. The SMILES string of the molecule is CCCCn1c([C@@H]2CC(=O)N(c3ccc(OC)cc3)C2)nc2ccccc21. The Morgan fingerprint density at radius 3 is 2.67 bits per heavy atom. The summed E-state index contributed by atoms with van der Waals surface area (Å²) in [6.07, 6.45) is 2.74. The number of benzene rings is 2. The highest BCUT2D eigenvalue weighted by Crippen LogP contribution is 2.34. The van der Waals surface area contributed by atoms with Crippen molar-refractivity contribution in [2.45, 2.75) is 38.6 Å². The maximum atomic E-state index is 12.7. The van der Waals surface area contributed by atoms with Crippen molar-refractivity contribution in [3.63, 3.8) is 0 Å². The van der Waals surface area contributed by atoms with Gasteiger partial charge in [0.1, 0.15) is 11.6 Å². The van der Waals surface area contributed by atoms with Crippen molar-refractivity contribution >= 4 is 22.6 Å². The summed E-state index contributed by atoms with van der Waals surface area (Å²) in [6, 6.07) is 15.9. The molecule has 0 aliphatic carbocycles. The number of amides is 1. The van der Waals surface area contributed by atoms with Crippen molar-refractivity contribution in [3.8, 4) is 5.75 Å². The van der Waals surface area contributed by atoms with Gasteiger partial charge in [-0.3, -0.25) is 4.79 Å². The van der Waals surface area contributed by atoms with Crippen molar-refractivity contribution in [1.29, 1.82) is 0 Å². The second-order valence-corrected chi connectivity index (χ2v) is 7.07. The van der Waals surface area contributed by atoms with E-state index in [2.05, 4.69) is 29.7 Å². The number of para-hydroxylation sites is 2. The lowest BCUT2D eigenvalue weighted by molar-refractivity contribution is -0.117. The summed E-state index contributed by atoms with van der Waals surface area (Å²) < 4.78 is 7.53. The van der Waals surface area contributed by atoms with Gasteiger partial charge < -0.3 is 14.2 Å². The molecule has 5 heteroatoms. The largest absolute Gasteiger partial charge is 0.497 e. The summed E-state index contributed by atoms with van der Waals surface area (Å²) in [6.45, 7) is 3.81. The zero-order valence-corrected chi connectivity index (χ0v) is 15.9. The van der Waals surface area contributed by atoms with Crippen LogP contribution in [0.15, 0.2) is 48.5 Å². The number of hydrogen-bond acceptors (Lipinski definition) is 3. The van der Waals surface area contributed by atoms with Crippen molar-refractivity contribution in [3.05, 3.63) is 54.4 Å². The first-order valence-electron chi connectivity index (χ1n) is 9.61. The van der Waals surface area contributed by atoms with E-state index in [0.29, 0.717) is 13.0 Å². The number of unbranched alkanes of at least 4 members (excludes halogenated alkanes) is 1. The van der Waals surface area contributed by atoms with Crippen LogP contribution in [0, 0.1) is 0 Å². The lowest BCUT2D eigenvalue weighted by Gasteiger charge is -2.17. The number of carbonyl (C=O) groups is 1. The third-order valence-corrected chi connectivity index (χ3v) is 5.29. The van der Waals surface area contributed by atoms with E-state index in [0.717, 1.165) is 47.7 Å². The first kappa shape index (κ1) is 17.6. The number of anilines is 1. The van der Waals surface area contributed by atoms with Gasteiger partial charge in [0.25, 0.3) is 0 Å². The van der Waals surface area contributed by atoms with Gasteiger partial charge in [0.15, 0.2) is 0 Å². The molecule has 1 aromatic heterocycles. The molecule has 140 valence electrons. The van der Waals surface area contributed by atoms with Crippen molar-refractivity contribution in [1.82, 2.24) is 9.55 Å². The zero-order valence-electron chi connectivity index (χ0n) is 15.9. The average molecular weight is 363 g/mol. The molecule has 0 saturated carbocycles. The van der Waals surface area contributed by atoms with E-state index in [1.54, 1.807) is 7.11 Å². The smallest absolute Gasteiger partial charge is 0.227 e. The van der Waals surface area contributed by atoms with Crippen molar-refractivity contribution < 1.29 is 9.53 Å². The molecular formula is C22H25N3O2. The number of carbonyl (C=O) groups excluding carboxylic acids is 1. The van der Waals surface area contributed by atoms with Gasteiger partial charge in [0.05, 0.1) is 18.1 Å². The molecule has 0 radical (unpaired) electrons. The van der Waals surface area contributed by atoms with Crippen LogP contribution in [0.1, 0.15) is 37.9 Å². The van der Waals surface area contributed by atoms with Crippen LogP contribution in [-0.4, -0.2) is 29.1 Å². The lowest BCUT2D eigenvalue weighted by atomic mass is 10.1. The van der Waals surface area contributed by atoms with Gasteiger partial charge in [0.2, 0.25) is 5.91 Å². The number of nitrogens with zero attached hydrogens (tertiary/aromatic N) is 3. The molecule has 1 atom stereocenters. The minimum Gasteiger partial charge on any atom is -0.497 e. The molecule has 2 heterocycles. The predicted molar refractivity (Wildman–Crippen MR) is 107 cm³/mol. The monoisotopic (exact) mass is 363 g/mol. The molecule has 27 heavy (non-hydrogen) atoms. The van der Waals surface area contributed by atoms with E-state index in [4.69, 9.17) is 9.72 Å². The fourth-order valence-electron chi connectivity index (χ4n) is 3.85. The fourth-order valence-corrected chi connectivity index (χ4v) is 3.85. The van der Waals surface area contributed by atoms with Crippen LogP contribution in [0.3, 0.4) is 0 Å². The zero-order chi connectivity index (χ0) is 18.8. The highest BCUT2D eigenvalue weighted by Gasteiger charge is 2.34. The lowest BCUT2D eigenvalue weighted by Crippen LogP contribution is -2.24. The summed E-state index contributed by atoms with van der Waals surface area (Å²) in [5.41, 5.74) is 3.09. The summed E-state index contributed by atoms with van der Waals surface area (Å²) in [5.74, 6) is 2.10. The highest BCUT2D eigenvalue weighted by molar-refractivity contribution is 5.96. The van der Waals surface area contributed by atoms with E-state index in [-0.39, 0.29) is 11.8 Å². The third kappa shape index (κ3) is 3.29. The number of aryl methyl sites for hydroxylation is 1. The van der Waals surface area contributed by atoms with Crippen LogP contribution in [0.5, 0.6) is 5.75 Å². The van der Waals surface area contributed by atoms with Gasteiger partial charge in [-0.15, -0.1) is 0 Å². The van der Waals surface area contributed by atoms with E-state index in [9.17, 15) is 4.79 Å². The number of aromatic nitrogens is 2. The van der Waals surface area contributed by atoms with E-state index < -0.39 is 0 Å². The summed E-state index contributed by atoms with van der Waals surface area (Å²) in [4.78, 5) is 19.5. The number of ether oxygens (including phenoxy) is 1. The highest BCUT2D eigenvalue weighted by atomic mass is 16.5. The van der Waals surface area contributed by atoms with Gasteiger partial charge in [-0.25, -0.2) is 4.98 Å². The molecule has 1 fully saturated rings. The number of methoxy groups -OCH3 is 1. The molecule has 4 rings (SSSR count). The van der Waals surface area contributed by atoms with Crippen molar-refractivity contribution in [2.24, 2.45) is 0 Å². The standard InChI is InChI=1S/C22H25N3O2/c1-3-4-13-24-20-8-6-5-7-19(20)23-22(24)16-14-21(26)25(15-16)17-9-11-18(27-2)12-10-17/h5-12,16H,3-4,13-15H2,1-2H3/t16-/m1/s1. The van der Waals surface area contributed by atoms with Crippen LogP contribution in [0.2, 0.25) is 0 Å². The molecule has 0 N–H and O–H groups in total. The Morgan fingerprint density at radius 2 is 1.93 bits per heavy atom. The number of fused-ring (bicyclic) bond motifs is 1. The first-order valence-corrected chi connectivity index (χ1v) is 9.61. The minimum atomic E-state index is 0.115. The molecule has 1 saturated heterocycles. The summed E-state index contributed by atoms with van der Waals surface area (Å²) in [5, 5.41) is 0. The van der Waals surface area contributed by atoms with Gasteiger partial charge >= 0.3 is 0 Å². The molecule has 0 unspecified atom stereocenters. The quantitative estimate of drug-likeness (QED) is 0.653.